The second kappa shape index (κ2) is 8.86. The number of hydrogen-bond acceptors (Lipinski definition) is 6. The van der Waals surface area contributed by atoms with E-state index in [0.717, 1.165) is 11.1 Å². The highest BCUT2D eigenvalue weighted by atomic mass is 35.5. The minimum Gasteiger partial charge on any atom is -0.489 e. The Morgan fingerprint density at radius 3 is 2.81 bits per heavy atom. The number of hydrogen-bond donors (Lipinski definition) is 3. The average Bonchev–Trinajstić information content (AvgIpc) is 3.19. The maximum Gasteiger partial charge on any atom is 0.338 e. The van der Waals surface area contributed by atoms with Crippen molar-refractivity contribution >= 4 is 56.4 Å². The molecule has 0 unspecified atom stereocenters. The SMILES string of the molecule is Cc1ccc(NC(=O)c2cccc(Cl)c2)cc1OCc1csc2c(C(=O)O)cnc(N)c12. The van der Waals surface area contributed by atoms with Gasteiger partial charge in [-0.3, -0.25) is 4.79 Å². The van der Waals surface area contributed by atoms with Gasteiger partial charge in [-0.1, -0.05) is 23.7 Å². The van der Waals surface area contributed by atoms with Crippen molar-refractivity contribution in [1.29, 1.82) is 0 Å². The summed E-state index contributed by atoms with van der Waals surface area (Å²) in [5, 5.41) is 15.1. The van der Waals surface area contributed by atoms with E-state index in [2.05, 4.69) is 10.3 Å². The molecule has 0 spiro atoms. The third-order valence-electron chi connectivity index (χ3n) is 4.85. The summed E-state index contributed by atoms with van der Waals surface area (Å²) < 4.78 is 6.55. The first-order chi connectivity index (χ1) is 15.3. The van der Waals surface area contributed by atoms with Crippen LogP contribution in [0.3, 0.4) is 0 Å². The number of carboxylic acid groups (broad SMARTS) is 1. The second-order valence-electron chi connectivity index (χ2n) is 7.06. The number of aromatic nitrogens is 1. The van der Waals surface area contributed by atoms with Crippen molar-refractivity contribution in [1.82, 2.24) is 4.98 Å². The molecule has 4 N–H and O–H groups in total. The summed E-state index contributed by atoms with van der Waals surface area (Å²) in [6.07, 6.45) is 1.26. The molecule has 0 aliphatic carbocycles. The quantitative estimate of drug-likeness (QED) is 0.351. The zero-order valence-electron chi connectivity index (χ0n) is 16.9. The molecule has 2 aromatic heterocycles. The summed E-state index contributed by atoms with van der Waals surface area (Å²) in [5.74, 6) is -0.514. The number of nitrogen functional groups attached to an aromatic ring is 1. The van der Waals surface area contributed by atoms with Crippen molar-refractivity contribution in [3.8, 4) is 5.75 Å². The Balaban J connectivity index is 1.55. The van der Waals surface area contributed by atoms with Gasteiger partial charge in [0, 0.05) is 39.5 Å². The topological polar surface area (TPSA) is 115 Å². The number of ether oxygens (including phenoxy) is 1. The van der Waals surface area contributed by atoms with Crippen LogP contribution in [0, 0.1) is 6.92 Å². The van der Waals surface area contributed by atoms with E-state index in [4.69, 9.17) is 22.1 Å². The Morgan fingerprint density at radius 2 is 2.06 bits per heavy atom. The van der Waals surface area contributed by atoms with Gasteiger partial charge in [0.2, 0.25) is 0 Å². The minimum absolute atomic E-state index is 0.104. The van der Waals surface area contributed by atoms with Gasteiger partial charge in [-0.2, -0.15) is 0 Å². The molecule has 0 aliphatic heterocycles. The van der Waals surface area contributed by atoms with E-state index >= 15 is 0 Å². The number of thiophene rings is 1. The van der Waals surface area contributed by atoms with Gasteiger partial charge in [-0.05, 0) is 42.1 Å². The Kier molecular flexibility index (Phi) is 5.98. The number of carbonyl (C=O) groups excluding carboxylic acids is 1. The van der Waals surface area contributed by atoms with E-state index < -0.39 is 5.97 Å². The Bertz CT molecular complexity index is 1350. The van der Waals surface area contributed by atoms with E-state index in [1.54, 1.807) is 36.4 Å². The number of anilines is 2. The van der Waals surface area contributed by atoms with Gasteiger partial charge in [0.1, 0.15) is 18.2 Å². The van der Waals surface area contributed by atoms with Crippen molar-refractivity contribution in [2.45, 2.75) is 13.5 Å². The van der Waals surface area contributed by atoms with Crippen LogP contribution in [0.2, 0.25) is 5.02 Å². The van der Waals surface area contributed by atoms with Gasteiger partial charge >= 0.3 is 5.97 Å². The molecule has 1 amide bonds. The number of nitrogens with two attached hydrogens (primary N) is 1. The second-order valence-corrected chi connectivity index (χ2v) is 8.38. The fourth-order valence-corrected chi connectivity index (χ4v) is 4.47. The molecule has 4 rings (SSSR count). The summed E-state index contributed by atoms with van der Waals surface area (Å²) in [6.45, 7) is 2.06. The number of halogens is 1. The highest BCUT2D eigenvalue weighted by Crippen LogP contribution is 2.33. The number of rotatable bonds is 6. The van der Waals surface area contributed by atoms with Crippen LogP contribution in [0.25, 0.3) is 10.1 Å². The van der Waals surface area contributed by atoms with Gasteiger partial charge in [-0.15, -0.1) is 11.3 Å². The molecule has 0 saturated heterocycles. The zero-order chi connectivity index (χ0) is 22.8. The van der Waals surface area contributed by atoms with Gasteiger partial charge < -0.3 is 20.9 Å². The van der Waals surface area contributed by atoms with Gasteiger partial charge in [0.05, 0.1) is 10.3 Å². The molecule has 32 heavy (non-hydrogen) atoms. The van der Waals surface area contributed by atoms with Crippen molar-refractivity contribution in [3.05, 3.63) is 81.3 Å². The lowest BCUT2D eigenvalue weighted by Crippen LogP contribution is -2.12. The highest BCUT2D eigenvalue weighted by Gasteiger charge is 2.17. The standard InChI is InChI=1S/C23H18ClN3O4S/c1-12-5-6-16(27-22(28)13-3-2-4-15(24)7-13)8-18(12)31-10-14-11-32-20-17(23(29)30)9-26-21(25)19(14)20/h2-9,11H,10H2,1H3,(H2,25,26)(H,27,28)(H,29,30). The molecule has 0 bridgehead atoms. The first kappa shape index (κ1) is 21.6. The minimum atomic E-state index is -1.06. The van der Waals surface area contributed by atoms with Crippen LogP contribution in [0.4, 0.5) is 11.5 Å². The number of nitrogens with one attached hydrogen (secondary N) is 1. The predicted octanol–water partition coefficient (Wildman–Crippen LogP) is 5.37. The van der Waals surface area contributed by atoms with Gasteiger partial charge in [0.15, 0.2) is 0 Å². The fourth-order valence-electron chi connectivity index (χ4n) is 3.21. The van der Waals surface area contributed by atoms with Crippen LogP contribution in [0.5, 0.6) is 5.75 Å². The van der Waals surface area contributed by atoms with Crippen LogP contribution in [0.15, 0.2) is 54.0 Å². The van der Waals surface area contributed by atoms with Crippen molar-refractivity contribution in [2.75, 3.05) is 11.1 Å². The third kappa shape index (κ3) is 4.37. The smallest absolute Gasteiger partial charge is 0.338 e. The Labute approximate surface area is 192 Å². The molecule has 7 nitrogen and oxygen atoms in total. The van der Waals surface area contributed by atoms with Crippen molar-refractivity contribution in [2.24, 2.45) is 0 Å². The lowest BCUT2D eigenvalue weighted by atomic mass is 10.1. The van der Waals surface area contributed by atoms with E-state index in [0.29, 0.717) is 32.1 Å². The maximum atomic E-state index is 12.5. The van der Waals surface area contributed by atoms with E-state index in [9.17, 15) is 14.7 Å². The molecular formula is C23H18ClN3O4S. The Morgan fingerprint density at radius 1 is 1.25 bits per heavy atom. The predicted molar refractivity (Wildman–Crippen MR) is 126 cm³/mol. The lowest BCUT2D eigenvalue weighted by Gasteiger charge is -2.12. The zero-order valence-corrected chi connectivity index (χ0v) is 18.5. The number of amides is 1. The molecule has 4 aromatic rings. The molecule has 2 heterocycles. The number of carboxylic acids is 1. The van der Waals surface area contributed by atoms with Crippen molar-refractivity contribution in [3.63, 3.8) is 0 Å². The monoisotopic (exact) mass is 467 g/mol. The summed E-state index contributed by atoms with van der Waals surface area (Å²) in [6, 6.07) is 12.0. The summed E-state index contributed by atoms with van der Waals surface area (Å²) in [5.41, 5.74) is 8.74. The van der Waals surface area contributed by atoms with Crippen LogP contribution in [0.1, 0.15) is 31.8 Å². The van der Waals surface area contributed by atoms with E-state index in [1.807, 2.05) is 18.4 Å². The maximum absolute atomic E-state index is 12.5. The molecule has 0 fully saturated rings. The largest absolute Gasteiger partial charge is 0.489 e. The third-order valence-corrected chi connectivity index (χ3v) is 6.14. The molecule has 0 radical (unpaired) electrons. The number of fused-ring (bicyclic) bond motifs is 1. The number of nitrogens with zero attached hydrogens (tertiary/aromatic N) is 1. The number of aryl methyl sites for hydroxylation is 1. The van der Waals surface area contributed by atoms with Gasteiger partial charge in [0.25, 0.3) is 5.91 Å². The molecule has 9 heteroatoms. The fraction of sp³-hybridized carbons (Fsp3) is 0.0870. The number of benzene rings is 2. The van der Waals surface area contributed by atoms with Gasteiger partial charge in [-0.25, -0.2) is 9.78 Å². The molecule has 0 saturated carbocycles. The molecule has 162 valence electrons. The number of aromatic carboxylic acids is 1. The van der Waals surface area contributed by atoms with E-state index in [-0.39, 0.29) is 23.9 Å². The van der Waals surface area contributed by atoms with Crippen LogP contribution < -0.4 is 15.8 Å². The van der Waals surface area contributed by atoms with Crippen LogP contribution in [-0.4, -0.2) is 22.0 Å². The molecule has 0 atom stereocenters. The van der Waals surface area contributed by atoms with Crippen LogP contribution >= 0.6 is 22.9 Å². The normalized spacial score (nSPS) is 10.8. The number of carbonyl (C=O) groups is 2. The Hall–Kier alpha value is -3.62. The van der Waals surface area contributed by atoms with Crippen LogP contribution in [-0.2, 0) is 6.61 Å². The average molecular weight is 468 g/mol. The first-order valence-corrected chi connectivity index (χ1v) is 10.8. The molecule has 0 aliphatic rings. The molecular weight excluding hydrogens is 450 g/mol. The van der Waals surface area contributed by atoms with E-state index in [1.165, 1.54) is 17.5 Å². The first-order valence-electron chi connectivity index (χ1n) is 9.51. The lowest BCUT2D eigenvalue weighted by molar-refractivity contribution is 0.0698. The molecule has 2 aromatic carbocycles. The summed E-state index contributed by atoms with van der Waals surface area (Å²) in [4.78, 5) is 28.0. The summed E-state index contributed by atoms with van der Waals surface area (Å²) in [7, 11) is 0. The summed E-state index contributed by atoms with van der Waals surface area (Å²) >= 11 is 7.25. The highest BCUT2D eigenvalue weighted by molar-refractivity contribution is 7.17. The van der Waals surface area contributed by atoms with Crippen molar-refractivity contribution < 1.29 is 19.4 Å². The number of pyridine rings is 1.